The molecular weight excluding hydrogens is 1030 g/mol. The molecule has 0 bridgehead atoms. The van der Waals surface area contributed by atoms with Crippen LogP contribution in [-0.4, -0.2) is 73.4 Å². The molecule has 0 aromatic rings. The van der Waals surface area contributed by atoms with E-state index in [-0.39, 0.29) is 19.1 Å². The average Bonchev–Trinajstić information content (AvgIpc) is 3.47. The maximum atomic E-state index is 13.0. The van der Waals surface area contributed by atoms with E-state index in [1.807, 2.05) is 27.2 Å². The molecule has 474 valence electrons. The number of aliphatic hydroxyl groups is 1. The molecule has 0 radical (unpaired) electrons. The van der Waals surface area contributed by atoms with E-state index < -0.39 is 20.0 Å². The second-order valence-electron chi connectivity index (χ2n) is 24.2. The summed E-state index contributed by atoms with van der Waals surface area (Å²) in [6.45, 7) is 4.70. The smallest absolute Gasteiger partial charge is 0.387 e. The predicted octanol–water partition coefficient (Wildman–Crippen LogP) is 21.9. The summed E-state index contributed by atoms with van der Waals surface area (Å²) >= 11 is 0. The standard InChI is InChI=1S/C73H131N2O6P/c1-6-8-10-12-14-16-18-20-22-24-26-28-30-32-34-35-36-37-38-39-41-43-45-47-49-51-53-55-57-59-61-63-65-67-73(77)74-71(70-81-82(78,79)80-69-68-75(3,4)5)72(76)66-64-62-60-58-56-54-52-50-48-46-44-42-40-33-31-29-27-25-23-21-19-17-15-13-11-9-7-2/h8,10,14,16,20,22,26,28,32,34,36-37,39,41,56,58,64,66,71-72,76H,6-7,9,11-13,15,17-19,21,23-25,27,29-31,33,35,38,40,42-55,57,59-63,65,67-70H2,1-5H3,(H-,74,77,78,79)/p+1/b10-8-,16-14-,22-20-,28-26-,34-32-,37-36-,41-39-,58-56+,66-64+. The molecule has 0 aliphatic heterocycles. The van der Waals surface area contributed by atoms with Gasteiger partial charge in [-0.3, -0.25) is 13.8 Å². The molecule has 0 spiro atoms. The first-order valence-electron chi connectivity index (χ1n) is 34.3. The van der Waals surface area contributed by atoms with E-state index in [4.69, 9.17) is 9.05 Å². The van der Waals surface area contributed by atoms with Crippen molar-refractivity contribution in [2.75, 3.05) is 40.9 Å². The number of aliphatic hydroxyl groups excluding tert-OH is 1. The van der Waals surface area contributed by atoms with Crippen LogP contribution in [0.3, 0.4) is 0 Å². The minimum atomic E-state index is -4.37. The second-order valence-corrected chi connectivity index (χ2v) is 25.6. The number of hydrogen-bond donors (Lipinski definition) is 3. The van der Waals surface area contributed by atoms with Gasteiger partial charge < -0.3 is 19.8 Å². The van der Waals surface area contributed by atoms with Gasteiger partial charge >= 0.3 is 7.82 Å². The van der Waals surface area contributed by atoms with Crippen LogP contribution in [0, 0.1) is 0 Å². The summed E-state index contributed by atoms with van der Waals surface area (Å²) in [4.78, 5) is 23.4. The van der Waals surface area contributed by atoms with E-state index in [1.165, 1.54) is 193 Å². The lowest BCUT2D eigenvalue weighted by atomic mass is 10.0. The van der Waals surface area contributed by atoms with Gasteiger partial charge in [-0.25, -0.2) is 4.57 Å². The number of rotatable bonds is 62. The van der Waals surface area contributed by atoms with Gasteiger partial charge in [0.05, 0.1) is 39.9 Å². The van der Waals surface area contributed by atoms with Gasteiger partial charge in [0, 0.05) is 6.42 Å². The number of hydrogen-bond acceptors (Lipinski definition) is 5. The normalized spacial score (nSPS) is 14.4. The third-order valence-corrected chi connectivity index (χ3v) is 16.0. The average molecular weight is 1160 g/mol. The van der Waals surface area contributed by atoms with E-state index in [0.717, 1.165) is 83.5 Å². The summed E-state index contributed by atoms with van der Waals surface area (Å²) in [6.07, 6.45) is 92.3. The Balaban J connectivity index is 4.17. The van der Waals surface area contributed by atoms with Gasteiger partial charge in [-0.15, -0.1) is 0 Å². The van der Waals surface area contributed by atoms with Crippen LogP contribution in [0.4, 0.5) is 0 Å². The van der Waals surface area contributed by atoms with Gasteiger partial charge in [0.2, 0.25) is 5.91 Å². The molecule has 3 N–H and O–H groups in total. The highest BCUT2D eigenvalue weighted by molar-refractivity contribution is 7.47. The zero-order valence-corrected chi connectivity index (χ0v) is 55.1. The van der Waals surface area contributed by atoms with Gasteiger partial charge in [0.25, 0.3) is 0 Å². The highest BCUT2D eigenvalue weighted by Crippen LogP contribution is 2.43. The Kier molecular flexibility index (Phi) is 60.5. The molecular formula is C73H132N2O6P+. The molecule has 3 unspecified atom stereocenters. The summed E-state index contributed by atoms with van der Waals surface area (Å²) in [5, 5.41) is 14.0. The van der Waals surface area contributed by atoms with Crippen molar-refractivity contribution in [1.29, 1.82) is 0 Å². The lowest BCUT2D eigenvalue weighted by Crippen LogP contribution is -2.45. The fraction of sp³-hybridized carbons (Fsp3) is 0.740. The molecule has 0 aromatic heterocycles. The number of amides is 1. The van der Waals surface area contributed by atoms with Crippen LogP contribution >= 0.6 is 7.82 Å². The van der Waals surface area contributed by atoms with Crippen molar-refractivity contribution in [3.8, 4) is 0 Å². The number of allylic oxidation sites excluding steroid dienone is 17. The summed E-state index contributed by atoms with van der Waals surface area (Å²) in [7, 11) is 1.55. The Hall–Kier alpha value is -2.84. The highest BCUT2D eigenvalue weighted by Gasteiger charge is 2.28. The summed E-state index contributed by atoms with van der Waals surface area (Å²) < 4.78 is 23.8. The molecule has 0 heterocycles. The molecule has 3 atom stereocenters. The van der Waals surface area contributed by atoms with Gasteiger partial charge in [-0.2, -0.15) is 0 Å². The zero-order chi connectivity index (χ0) is 59.8. The Morgan fingerprint density at radius 1 is 0.427 bits per heavy atom. The van der Waals surface area contributed by atoms with E-state index in [9.17, 15) is 19.4 Å². The van der Waals surface area contributed by atoms with E-state index in [1.54, 1.807) is 6.08 Å². The Labute approximate surface area is 508 Å². The van der Waals surface area contributed by atoms with Crippen LogP contribution in [0.1, 0.15) is 296 Å². The van der Waals surface area contributed by atoms with Crippen molar-refractivity contribution in [3.63, 3.8) is 0 Å². The van der Waals surface area contributed by atoms with Crippen molar-refractivity contribution in [1.82, 2.24) is 5.32 Å². The fourth-order valence-electron chi connectivity index (χ4n) is 9.69. The lowest BCUT2D eigenvalue weighted by molar-refractivity contribution is -0.870. The van der Waals surface area contributed by atoms with Gasteiger partial charge in [-0.1, -0.05) is 309 Å². The number of nitrogens with one attached hydrogen (secondary N) is 1. The lowest BCUT2D eigenvalue weighted by Gasteiger charge is -2.25. The van der Waals surface area contributed by atoms with Crippen molar-refractivity contribution in [3.05, 3.63) is 109 Å². The number of likely N-dealkylation sites (N-methyl/N-ethyl adjacent to an activating group) is 1. The van der Waals surface area contributed by atoms with E-state index >= 15 is 0 Å². The fourth-order valence-corrected chi connectivity index (χ4v) is 10.4. The highest BCUT2D eigenvalue weighted by atomic mass is 31.2. The third kappa shape index (κ3) is 64.7. The van der Waals surface area contributed by atoms with Crippen molar-refractivity contribution < 1.29 is 32.9 Å². The number of carbonyl (C=O) groups is 1. The molecule has 0 aromatic carbocycles. The molecule has 0 saturated heterocycles. The SMILES string of the molecule is CC/C=C\C/C=C\C/C=C\C/C=C\C/C=C\C/C=C\C/C=C\CCCCCCCCCCCCCC(=O)NC(COP(=O)(O)OCC[N+](C)(C)C)C(O)/C=C/CC/C=C/CCCCCCCCCCCCCCCCCCCCCCC. The number of quaternary nitrogens is 1. The largest absolute Gasteiger partial charge is 0.472 e. The molecule has 9 heteroatoms. The van der Waals surface area contributed by atoms with Gasteiger partial charge in [-0.05, 0) is 89.9 Å². The van der Waals surface area contributed by atoms with E-state index in [0.29, 0.717) is 17.4 Å². The minimum absolute atomic E-state index is 0.0512. The maximum Gasteiger partial charge on any atom is 0.472 e. The Bertz CT molecular complexity index is 1700. The van der Waals surface area contributed by atoms with Crippen LogP contribution in [0.15, 0.2) is 109 Å². The van der Waals surface area contributed by atoms with Gasteiger partial charge in [0.1, 0.15) is 13.2 Å². The van der Waals surface area contributed by atoms with Crippen molar-refractivity contribution in [2.24, 2.45) is 0 Å². The third-order valence-electron chi connectivity index (χ3n) is 15.0. The molecule has 0 rings (SSSR count). The van der Waals surface area contributed by atoms with E-state index in [2.05, 4.69) is 116 Å². The number of carbonyl (C=O) groups excluding carboxylic acids is 1. The van der Waals surface area contributed by atoms with Crippen molar-refractivity contribution in [2.45, 2.75) is 309 Å². The molecule has 0 fully saturated rings. The van der Waals surface area contributed by atoms with Crippen molar-refractivity contribution >= 4 is 13.7 Å². The quantitative estimate of drug-likeness (QED) is 0.0243. The Morgan fingerprint density at radius 3 is 1.12 bits per heavy atom. The summed E-state index contributed by atoms with van der Waals surface area (Å²) in [5.41, 5.74) is 0. The number of unbranched alkanes of at least 4 members (excludes halogenated alkanes) is 33. The molecule has 0 aliphatic rings. The first kappa shape index (κ1) is 79.2. The predicted molar refractivity (Wildman–Crippen MR) is 359 cm³/mol. The van der Waals surface area contributed by atoms with Crippen LogP contribution in [0.5, 0.6) is 0 Å². The molecule has 8 nitrogen and oxygen atoms in total. The zero-order valence-electron chi connectivity index (χ0n) is 54.2. The Morgan fingerprint density at radius 2 is 0.744 bits per heavy atom. The minimum Gasteiger partial charge on any atom is -0.387 e. The van der Waals surface area contributed by atoms with Crippen LogP contribution < -0.4 is 5.32 Å². The van der Waals surface area contributed by atoms with Gasteiger partial charge in [0.15, 0.2) is 0 Å². The number of nitrogens with zero attached hydrogens (tertiary/aromatic N) is 1. The first-order valence-corrected chi connectivity index (χ1v) is 35.8. The summed E-state index contributed by atoms with van der Waals surface area (Å²) in [5.74, 6) is -0.191. The van der Waals surface area contributed by atoms with Crippen LogP contribution in [0.2, 0.25) is 0 Å². The molecule has 1 amide bonds. The molecule has 82 heavy (non-hydrogen) atoms. The maximum absolute atomic E-state index is 13.0. The van der Waals surface area contributed by atoms with Crippen LogP contribution in [-0.2, 0) is 18.4 Å². The topological polar surface area (TPSA) is 105 Å². The van der Waals surface area contributed by atoms with Crippen LogP contribution in [0.25, 0.3) is 0 Å². The first-order chi connectivity index (χ1) is 40.0. The monoisotopic (exact) mass is 1160 g/mol. The number of phosphoric ester groups is 1. The summed E-state index contributed by atoms with van der Waals surface area (Å²) in [6, 6.07) is -0.874. The molecule has 0 aliphatic carbocycles. The molecule has 0 saturated carbocycles. The number of phosphoric acid groups is 1. The second kappa shape index (κ2) is 62.7.